The van der Waals surface area contributed by atoms with Crippen molar-refractivity contribution in [2.45, 2.75) is 24.9 Å². The lowest BCUT2D eigenvalue weighted by Crippen LogP contribution is -2.39. The van der Waals surface area contributed by atoms with Crippen molar-refractivity contribution in [3.8, 4) is 11.3 Å². The highest BCUT2D eigenvalue weighted by atomic mass is 19.1. The van der Waals surface area contributed by atoms with Crippen LogP contribution >= 0.6 is 0 Å². The predicted octanol–water partition coefficient (Wildman–Crippen LogP) is 2.97. The van der Waals surface area contributed by atoms with Gasteiger partial charge in [0.15, 0.2) is 5.65 Å². The molecule has 0 aliphatic heterocycles. The molecule has 25 heavy (non-hydrogen) atoms. The summed E-state index contributed by atoms with van der Waals surface area (Å²) in [5.74, 6) is 0.433. The Morgan fingerprint density at radius 1 is 1.28 bits per heavy atom. The van der Waals surface area contributed by atoms with E-state index < -0.39 is 5.67 Å². The number of alkyl halides is 1. The fourth-order valence-electron chi connectivity index (χ4n) is 3.14. The SMILES string of the molecule is FC1(CNc2ncc3c(-c4ccc5nccn5n4)c[nH]c3n2)CCC1. The first-order valence-electron chi connectivity index (χ1n) is 8.28. The monoisotopic (exact) mass is 337 g/mol. The van der Waals surface area contributed by atoms with Crippen LogP contribution in [0.5, 0.6) is 0 Å². The van der Waals surface area contributed by atoms with Crippen LogP contribution in [0.15, 0.2) is 36.9 Å². The largest absolute Gasteiger partial charge is 0.351 e. The molecular weight excluding hydrogens is 321 g/mol. The lowest BCUT2D eigenvalue weighted by Gasteiger charge is -2.33. The smallest absolute Gasteiger partial charge is 0.224 e. The highest BCUT2D eigenvalue weighted by Gasteiger charge is 2.36. The van der Waals surface area contributed by atoms with Gasteiger partial charge in [-0.2, -0.15) is 10.1 Å². The lowest BCUT2D eigenvalue weighted by atomic mass is 9.82. The number of halogens is 1. The highest BCUT2D eigenvalue weighted by Crippen LogP contribution is 2.35. The Balaban J connectivity index is 1.46. The number of anilines is 1. The molecule has 1 saturated carbocycles. The summed E-state index contributed by atoms with van der Waals surface area (Å²) in [6.07, 6.45) is 9.28. The van der Waals surface area contributed by atoms with Crippen molar-refractivity contribution in [3.63, 3.8) is 0 Å². The second-order valence-electron chi connectivity index (χ2n) is 6.46. The number of hydrogen-bond acceptors (Lipinski definition) is 5. The van der Waals surface area contributed by atoms with Gasteiger partial charge in [-0.3, -0.25) is 0 Å². The van der Waals surface area contributed by atoms with E-state index in [1.54, 1.807) is 23.1 Å². The topological polar surface area (TPSA) is 83.8 Å². The molecule has 1 fully saturated rings. The average Bonchev–Trinajstić information content (AvgIpc) is 3.23. The number of imidazole rings is 1. The summed E-state index contributed by atoms with van der Waals surface area (Å²) in [7, 11) is 0. The van der Waals surface area contributed by atoms with Gasteiger partial charge in [0.25, 0.3) is 0 Å². The van der Waals surface area contributed by atoms with E-state index in [4.69, 9.17) is 0 Å². The standard InChI is InChI=1S/C17H16FN7/c18-17(4-1-5-17)10-22-16-21-9-12-11(8-20-15(12)23-16)13-2-3-14-19-6-7-25(14)24-13/h2-3,6-9H,1,4-5,10H2,(H2,20,21,22,23). The number of hydrogen-bond donors (Lipinski definition) is 2. The van der Waals surface area contributed by atoms with E-state index in [1.807, 2.05) is 18.3 Å². The summed E-state index contributed by atoms with van der Waals surface area (Å²) >= 11 is 0. The Bertz CT molecular complexity index is 1060. The minimum atomic E-state index is -1.11. The van der Waals surface area contributed by atoms with Gasteiger partial charge in [0.1, 0.15) is 11.3 Å². The summed E-state index contributed by atoms with van der Waals surface area (Å²) in [6.45, 7) is 0.255. The van der Waals surface area contributed by atoms with Crippen LogP contribution in [-0.2, 0) is 0 Å². The molecule has 0 amide bonds. The molecule has 0 unspecified atom stereocenters. The molecule has 7 nitrogen and oxygen atoms in total. The molecule has 8 heteroatoms. The fourth-order valence-corrected chi connectivity index (χ4v) is 3.14. The van der Waals surface area contributed by atoms with Crippen molar-refractivity contribution in [1.29, 1.82) is 0 Å². The van der Waals surface area contributed by atoms with E-state index in [2.05, 4.69) is 30.4 Å². The van der Waals surface area contributed by atoms with Gasteiger partial charge in [-0.15, -0.1) is 0 Å². The molecule has 4 heterocycles. The average molecular weight is 337 g/mol. The second-order valence-corrected chi connectivity index (χ2v) is 6.46. The van der Waals surface area contributed by atoms with Crippen molar-refractivity contribution in [2.75, 3.05) is 11.9 Å². The molecule has 4 aromatic heterocycles. The molecule has 2 N–H and O–H groups in total. The first-order valence-corrected chi connectivity index (χ1v) is 8.28. The maximum Gasteiger partial charge on any atom is 0.224 e. The van der Waals surface area contributed by atoms with E-state index >= 15 is 0 Å². The highest BCUT2D eigenvalue weighted by molar-refractivity contribution is 5.92. The molecule has 126 valence electrons. The Morgan fingerprint density at radius 3 is 3.04 bits per heavy atom. The maximum absolute atomic E-state index is 14.1. The molecule has 1 aliphatic rings. The van der Waals surface area contributed by atoms with Crippen LogP contribution in [0, 0.1) is 0 Å². The minimum absolute atomic E-state index is 0.255. The van der Waals surface area contributed by atoms with Gasteiger partial charge in [0.2, 0.25) is 5.95 Å². The summed E-state index contributed by atoms with van der Waals surface area (Å²) in [5.41, 5.74) is 2.10. The number of nitrogens with zero attached hydrogens (tertiary/aromatic N) is 5. The summed E-state index contributed by atoms with van der Waals surface area (Å²) in [4.78, 5) is 16.1. The molecule has 0 spiro atoms. The van der Waals surface area contributed by atoms with Crippen molar-refractivity contribution >= 4 is 22.6 Å². The zero-order chi connectivity index (χ0) is 16.9. The van der Waals surface area contributed by atoms with E-state index in [-0.39, 0.29) is 6.54 Å². The molecule has 0 bridgehead atoms. The second kappa shape index (κ2) is 5.23. The maximum atomic E-state index is 14.1. The number of aromatic amines is 1. The molecule has 0 saturated heterocycles. The van der Waals surface area contributed by atoms with Crippen LogP contribution in [0.25, 0.3) is 27.9 Å². The molecule has 4 aromatic rings. The van der Waals surface area contributed by atoms with Crippen LogP contribution < -0.4 is 5.32 Å². The van der Waals surface area contributed by atoms with Gasteiger partial charge in [0.05, 0.1) is 12.2 Å². The van der Waals surface area contributed by atoms with Gasteiger partial charge in [-0.1, -0.05) is 0 Å². The van der Waals surface area contributed by atoms with Crippen LogP contribution in [-0.4, -0.2) is 41.8 Å². The van der Waals surface area contributed by atoms with E-state index in [9.17, 15) is 4.39 Å². The van der Waals surface area contributed by atoms with Gasteiger partial charge in [-0.25, -0.2) is 18.9 Å². The Hall–Kier alpha value is -3.03. The third kappa shape index (κ3) is 2.41. The minimum Gasteiger partial charge on any atom is -0.351 e. The number of fused-ring (bicyclic) bond motifs is 2. The number of nitrogens with one attached hydrogen (secondary N) is 2. The zero-order valence-corrected chi connectivity index (χ0v) is 13.4. The molecule has 0 aromatic carbocycles. The zero-order valence-electron chi connectivity index (χ0n) is 13.4. The van der Waals surface area contributed by atoms with Gasteiger partial charge in [0, 0.05) is 35.7 Å². The van der Waals surface area contributed by atoms with Gasteiger partial charge < -0.3 is 10.3 Å². The van der Waals surface area contributed by atoms with Crippen molar-refractivity contribution in [3.05, 3.63) is 36.9 Å². The van der Waals surface area contributed by atoms with Crippen LogP contribution in [0.1, 0.15) is 19.3 Å². The van der Waals surface area contributed by atoms with Crippen LogP contribution in [0.4, 0.5) is 10.3 Å². The first kappa shape index (κ1) is 14.3. The number of H-pyrrole nitrogens is 1. The van der Waals surface area contributed by atoms with Crippen molar-refractivity contribution < 1.29 is 4.39 Å². The van der Waals surface area contributed by atoms with Crippen LogP contribution in [0.2, 0.25) is 0 Å². The van der Waals surface area contributed by atoms with Crippen LogP contribution in [0.3, 0.4) is 0 Å². The normalized spacial score (nSPS) is 16.2. The van der Waals surface area contributed by atoms with E-state index in [1.165, 1.54) is 0 Å². The molecule has 1 aliphatic carbocycles. The number of rotatable bonds is 4. The fraction of sp³-hybridized carbons (Fsp3) is 0.294. The number of aromatic nitrogens is 6. The van der Waals surface area contributed by atoms with E-state index in [0.717, 1.165) is 28.7 Å². The first-order chi connectivity index (χ1) is 12.2. The Labute approximate surface area is 142 Å². The quantitative estimate of drug-likeness (QED) is 0.598. The van der Waals surface area contributed by atoms with Crippen molar-refractivity contribution in [2.24, 2.45) is 0 Å². The van der Waals surface area contributed by atoms with Gasteiger partial charge in [-0.05, 0) is 31.4 Å². The Morgan fingerprint density at radius 2 is 2.20 bits per heavy atom. The third-order valence-electron chi connectivity index (χ3n) is 4.78. The summed E-state index contributed by atoms with van der Waals surface area (Å²) in [6, 6.07) is 3.83. The lowest BCUT2D eigenvalue weighted by molar-refractivity contribution is 0.0782. The predicted molar refractivity (Wildman–Crippen MR) is 92.0 cm³/mol. The molecular formula is C17H16FN7. The molecule has 0 atom stereocenters. The van der Waals surface area contributed by atoms with Gasteiger partial charge >= 0.3 is 0 Å². The Kier molecular flexibility index (Phi) is 3.00. The molecule has 5 rings (SSSR count). The third-order valence-corrected chi connectivity index (χ3v) is 4.78. The summed E-state index contributed by atoms with van der Waals surface area (Å²) < 4.78 is 15.8. The van der Waals surface area contributed by atoms with Crippen molar-refractivity contribution in [1.82, 2.24) is 29.5 Å². The molecule has 0 radical (unpaired) electrons. The summed E-state index contributed by atoms with van der Waals surface area (Å²) in [5, 5.41) is 8.43. The van der Waals surface area contributed by atoms with E-state index in [0.29, 0.717) is 24.4 Å².